The second kappa shape index (κ2) is 8.77. The first-order chi connectivity index (χ1) is 8.60. The van der Waals surface area contributed by atoms with Crippen LogP contribution < -0.4 is 10.1 Å². The van der Waals surface area contributed by atoms with Gasteiger partial charge in [-0.05, 0) is 31.6 Å². The number of carbonyl (C=O) groups is 1. The van der Waals surface area contributed by atoms with Gasteiger partial charge in [-0.1, -0.05) is 19.9 Å². The molecule has 1 aromatic rings. The van der Waals surface area contributed by atoms with Gasteiger partial charge in [0.2, 0.25) is 5.91 Å². The molecule has 0 unspecified atom stereocenters. The summed E-state index contributed by atoms with van der Waals surface area (Å²) < 4.78 is 5.15. The Kier molecular flexibility index (Phi) is 8.19. The van der Waals surface area contributed by atoms with E-state index < -0.39 is 0 Å². The Labute approximate surface area is 121 Å². The number of ether oxygens (including phenoxy) is 1. The normalized spacial score (nSPS) is 9.95. The minimum absolute atomic E-state index is 0. The van der Waals surface area contributed by atoms with Crippen molar-refractivity contribution < 1.29 is 9.53 Å². The summed E-state index contributed by atoms with van der Waals surface area (Å²) in [6.45, 7) is 8.24. The molecule has 1 rings (SSSR count). The van der Waals surface area contributed by atoms with Crippen molar-refractivity contribution in [1.29, 1.82) is 0 Å². The van der Waals surface area contributed by atoms with E-state index in [1.165, 1.54) is 0 Å². The Morgan fingerprint density at radius 2 is 1.95 bits per heavy atom. The molecule has 19 heavy (non-hydrogen) atoms. The first-order valence-electron chi connectivity index (χ1n) is 6.27. The Balaban J connectivity index is 0.00000324. The predicted octanol–water partition coefficient (Wildman–Crippen LogP) is 2.71. The Hall–Kier alpha value is -1.26. The number of likely N-dealkylation sites (N-methyl/N-ethyl adjacent to an activating group) is 1. The minimum atomic E-state index is 0. The first-order valence-corrected chi connectivity index (χ1v) is 6.27. The molecule has 108 valence electrons. The van der Waals surface area contributed by atoms with Crippen LogP contribution in [0.15, 0.2) is 18.2 Å². The molecule has 0 spiro atoms. The molecular formula is C14H23ClN2O2. The van der Waals surface area contributed by atoms with E-state index in [0.717, 1.165) is 30.1 Å². The van der Waals surface area contributed by atoms with Crippen LogP contribution in [-0.2, 0) is 4.79 Å². The van der Waals surface area contributed by atoms with E-state index in [2.05, 4.69) is 10.2 Å². The standard InChI is InChI=1S/C14H22N2O2.ClH/c1-5-16(6-2)10-14(17)15-13-9-12(18-4)8-7-11(13)3;/h7-9H,5-6,10H2,1-4H3,(H,15,17);1H. The molecule has 1 N–H and O–H groups in total. The molecule has 0 aliphatic carbocycles. The maximum Gasteiger partial charge on any atom is 0.238 e. The molecule has 5 heteroatoms. The number of nitrogens with zero attached hydrogens (tertiary/aromatic N) is 1. The molecule has 0 radical (unpaired) electrons. The van der Waals surface area contributed by atoms with E-state index in [0.29, 0.717) is 6.54 Å². The van der Waals surface area contributed by atoms with Gasteiger partial charge in [0.05, 0.1) is 13.7 Å². The van der Waals surface area contributed by atoms with Gasteiger partial charge < -0.3 is 10.1 Å². The van der Waals surface area contributed by atoms with Gasteiger partial charge in [-0.25, -0.2) is 0 Å². The highest BCUT2D eigenvalue weighted by Crippen LogP contribution is 2.21. The molecule has 0 fully saturated rings. The van der Waals surface area contributed by atoms with Gasteiger partial charge in [0.25, 0.3) is 0 Å². The molecule has 1 aromatic carbocycles. The zero-order valence-corrected chi connectivity index (χ0v) is 12.8. The van der Waals surface area contributed by atoms with E-state index in [9.17, 15) is 4.79 Å². The smallest absolute Gasteiger partial charge is 0.238 e. The fourth-order valence-corrected chi connectivity index (χ4v) is 1.70. The third-order valence-electron chi connectivity index (χ3n) is 2.98. The summed E-state index contributed by atoms with van der Waals surface area (Å²) in [5.74, 6) is 0.758. The van der Waals surface area contributed by atoms with Gasteiger partial charge >= 0.3 is 0 Å². The molecule has 0 saturated carbocycles. The number of methoxy groups -OCH3 is 1. The van der Waals surface area contributed by atoms with Crippen molar-refractivity contribution in [3.05, 3.63) is 23.8 Å². The Bertz CT molecular complexity index is 406. The SMILES string of the molecule is CCN(CC)CC(=O)Nc1cc(OC)ccc1C.Cl. The lowest BCUT2D eigenvalue weighted by atomic mass is 10.2. The highest BCUT2D eigenvalue weighted by atomic mass is 35.5. The van der Waals surface area contributed by atoms with Gasteiger partial charge in [-0.3, -0.25) is 9.69 Å². The van der Waals surface area contributed by atoms with Crippen LogP contribution in [-0.4, -0.2) is 37.6 Å². The monoisotopic (exact) mass is 286 g/mol. The number of rotatable bonds is 6. The highest BCUT2D eigenvalue weighted by molar-refractivity contribution is 5.93. The molecule has 0 aliphatic heterocycles. The summed E-state index contributed by atoms with van der Waals surface area (Å²) in [6.07, 6.45) is 0. The van der Waals surface area contributed by atoms with Crippen molar-refractivity contribution in [1.82, 2.24) is 4.90 Å². The summed E-state index contributed by atoms with van der Waals surface area (Å²) in [6, 6.07) is 5.66. The number of benzene rings is 1. The van der Waals surface area contributed by atoms with Crippen molar-refractivity contribution in [3.8, 4) is 5.75 Å². The zero-order chi connectivity index (χ0) is 13.5. The molecule has 0 bridgehead atoms. The van der Waals surface area contributed by atoms with Gasteiger partial charge in [-0.2, -0.15) is 0 Å². The van der Waals surface area contributed by atoms with Crippen molar-refractivity contribution in [2.45, 2.75) is 20.8 Å². The maximum atomic E-state index is 11.9. The number of nitrogens with one attached hydrogen (secondary N) is 1. The number of aryl methyl sites for hydroxylation is 1. The summed E-state index contributed by atoms with van der Waals surface area (Å²) >= 11 is 0. The van der Waals surface area contributed by atoms with Crippen LogP contribution in [0.3, 0.4) is 0 Å². The van der Waals surface area contributed by atoms with Crippen LogP contribution in [0.4, 0.5) is 5.69 Å². The van der Waals surface area contributed by atoms with Gasteiger partial charge in [0, 0.05) is 11.8 Å². The summed E-state index contributed by atoms with van der Waals surface area (Å²) in [7, 11) is 1.62. The van der Waals surface area contributed by atoms with Crippen LogP contribution >= 0.6 is 12.4 Å². The van der Waals surface area contributed by atoms with E-state index >= 15 is 0 Å². The minimum Gasteiger partial charge on any atom is -0.497 e. The third-order valence-corrected chi connectivity index (χ3v) is 2.98. The average molecular weight is 287 g/mol. The van der Waals surface area contributed by atoms with E-state index in [1.807, 2.05) is 39.0 Å². The summed E-state index contributed by atoms with van der Waals surface area (Å²) in [5, 5.41) is 2.92. The topological polar surface area (TPSA) is 41.6 Å². The third kappa shape index (κ3) is 5.49. The summed E-state index contributed by atoms with van der Waals surface area (Å²) in [5.41, 5.74) is 1.84. The molecule has 4 nitrogen and oxygen atoms in total. The number of amides is 1. The van der Waals surface area contributed by atoms with Crippen LogP contribution in [0.5, 0.6) is 5.75 Å². The predicted molar refractivity (Wildman–Crippen MR) is 81.4 cm³/mol. The number of carbonyl (C=O) groups excluding carboxylic acids is 1. The van der Waals surface area contributed by atoms with Crippen LogP contribution in [0.1, 0.15) is 19.4 Å². The largest absolute Gasteiger partial charge is 0.497 e. The van der Waals surface area contributed by atoms with Crippen molar-refractivity contribution >= 4 is 24.0 Å². The molecule has 1 amide bonds. The Morgan fingerprint density at radius 3 is 2.47 bits per heavy atom. The lowest BCUT2D eigenvalue weighted by molar-refractivity contribution is -0.117. The lowest BCUT2D eigenvalue weighted by Crippen LogP contribution is -2.33. The quantitative estimate of drug-likeness (QED) is 0.874. The zero-order valence-electron chi connectivity index (χ0n) is 12.0. The Morgan fingerprint density at radius 1 is 1.32 bits per heavy atom. The number of hydrogen-bond donors (Lipinski definition) is 1. The van der Waals surface area contributed by atoms with Crippen LogP contribution in [0.25, 0.3) is 0 Å². The molecule has 0 atom stereocenters. The van der Waals surface area contributed by atoms with Crippen LogP contribution in [0, 0.1) is 6.92 Å². The van der Waals surface area contributed by atoms with Gasteiger partial charge in [-0.15, -0.1) is 12.4 Å². The fourth-order valence-electron chi connectivity index (χ4n) is 1.70. The second-order valence-electron chi connectivity index (χ2n) is 4.19. The van der Waals surface area contributed by atoms with E-state index in [1.54, 1.807) is 7.11 Å². The van der Waals surface area contributed by atoms with Crippen molar-refractivity contribution in [2.75, 3.05) is 32.1 Å². The number of halogens is 1. The number of anilines is 1. The lowest BCUT2D eigenvalue weighted by Gasteiger charge is -2.18. The first kappa shape index (κ1) is 17.7. The summed E-state index contributed by atoms with van der Waals surface area (Å²) in [4.78, 5) is 14.0. The highest BCUT2D eigenvalue weighted by Gasteiger charge is 2.09. The van der Waals surface area contributed by atoms with Crippen LogP contribution in [0.2, 0.25) is 0 Å². The van der Waals surface area contributed by atoms with Gasteiger partial charge in [0.1, 0.15) is 5.75 Å². The maximum absolute atomic E-state index is 11.9. The molecule has 0 heterocycles. The second-order valence-corrected chi connectivity index (χ2v) is 4.19. The molecular weight excluding hydrogens is 264 g/mol. The average Bonchev–Trinajstić information content (AvgIpc) is 2.38. The molecule has 0 aliphatic rings. The van der Waals surface area contributed by atoms with E-state index in [-0.39, 0.29) is 18.3 Å². The molecule has 0 aromatic heterocycles. The van der Waals surface area contributed by atoms with Crippen molar-refractivity contribution in [3.63, 3.8) is 0 Å². The molecule has 0 saturated heterocycles. The van der Waals surface area contributed by atoms with Crippen molar-refractivity contribution in [2.24, 2.45) is 0 Å². The van der Waals surface area contributed by atoms with E-state index in [4.69, 9.17) is 4.74 Å². The fraction of sp³-hybridized carbons (Fsp3) is 0.500. The number of hydrogen-bond acceptors (Lipinski definition) is 3. The van der Waals surface area contributed by atoms with Gasteiger partial charge in [0.15, 0.2) is 0 Å².